The molecule has 0 heterocycles. The molecule has 0 saturated heterocycles. The number of halogens is 1. The largest absolute Gasteiger partial charge is 0.374 e. The number of aryl methyl sites for hydroxylation is 1. The van der Waals surface area contributed by atoms with Gasteiger partial charge < -0.3 is 20.7 Å². The maximum Gasteiger partial charge on any atom is 0.266 e. The lowest BCUT2D eigenvalue weighted by Gasteiger charge is -2.25. The molecule has 3 rings (SSSR count). The van der Waals surface area contributed by atoms with E-state index in [1.807, 2.05) is 60.7 Å². The number of rotatable bonds is 15. The van der Waals surface area contributed by atoms with Gasteiger partial charge in [-0.05, 0) is 35.6 Å². The van der Waals surface area contributed by atoms with Crippen LogP contribution in [0.2, 0.25) is 5.02 Å². The van der Waals surface area contributed by atoms with E-state index in [1.54, 1.807) is 29.7 Å². The molecule has 3 aromatic rings. The van der Waals surface area contributed by atoms with Crippen LogP contribution in [0.4, 0.5) is 0 Å². The summed E-state index contributed by atoms with van der Waals surface area (Å²) in [5, 5.41) is 17.6. The monoisotopic (exact) mass is 594 g/mol. The van der Waals surface area contributed by atoms with Crippen LogP contribution >= 0.6 is 11.6 Å². The molecule has 3 atom stereocenters. The van der Waals surface area contributed by atoms with Gasteiger partial charge in [-0.25, -0.2) is 5.48 Å². The third kappa shape index (κ3) is 10.6. The van der Waals surface area contributed by atoms with Gasteiger partial charge in [-0.1, -0.05) is 90.5 Å². The van der Waals surface area contributed by atoms with E-state index in [2.05, 4.69) is 16.0 Å². The Labute approximate surface area is 249 Å². The highest BCUT2D eigenvalue weighted by atomic mass is 35.5. The van der Waals surface area contributed by atoms with Crippen LogP contribution < -0.4 is 21.4 Å². The number of ether oxygens (including phenoxy) is 1. The highest BCUT2D eigenvalue weighted by Gasteiger charge is 2.30. The first-order chi connectivity index (χ1) is 20.3. The number of carbonyl (C=O) groups is 4. The smallest absolute Gasteiger partial charge is 0.266 e. The van der Waals surface area contributed by atoms with Crippen LogP contribution in [0.5, 0.6) is 0 Å². The van der Waals surface area contributed by atoms with Crippen molar-refractivity contribution in [3.8, 4) is 0 Å². The molecule has 3 aromatic carbocycles. The second-order valence-electron chi connectivity index (χ2n) is 9.67. The number of amides is 4. The number of nitrogens with one attached hydrogen (secondary N) is 4. The topological polar surface area (TPSA) is 146 Å². The fraction of sp³-hybridized carbons (Fsp3) is 0.290. The van der Waals surface area contributed by atoms with Crippen molar-refractivity contribution in [3.63, 3.8) is 0 Å². The van der Waals surface area contributed by atoms with Gasteiger partial charge in [0.2, 0.25) is 17.7 Å². The third-order valence-corrected chi connectivity index (χ3v) is 6.78. The average molecular weight is 595 g/mol. The first-order valence-corrected chi connectivity index (χ1v) is 13.9. The predicted octanol–water partition coefficient (Wildman–Crippen LogP) is 2.71. The standard InChI is InChI=1S/C31H35ClN4O6/c1-21(37)33-28(20-42-19-23-12-6-3-7-13-23)30(39)34-26(17-16-22-10-4-2-5-11-22)29(38)35-27(31(40)36-41)18-24-14-8-9-15-25(24)32/h2-15,26-28,41H,16-20H2,1H3,(H,33,37)(H,34,39)(H,35,38)(H,36,40)/t26-,27-,28+/m1/s1. The fourth-order valence-electron chi connectivity index (χ4n) is 4.24. The summed E-state index contributed by atoms with van der Waals surface area (Å²) in [4.78, 5) is 51.2. The van der Waals surface area contributed by atoms with Crippen LogP contribution in [0.1, 0.15) is 30.0 Å². The number of carbonyl (C=O) groups excluding carboxylic acids is 4. The van der Waals surface area contributed by atoms with E-state index in [1.165, 1.54) is 6.92 Å². The minimum Gasteiger partial charge on any atom is -0.374 e. The van der Waals surface area contributed by atoms with E-state index in [9.17, 15) is 24.4 Å². The molecule has 0 fully saturated rings. The molecule has 0 aliphatic heterocycles. The van der Waals surface area contributed by atoms with Crippen LogP contribution in [0.3, 0.4) is 0 Å². The molecule has 222 valence electrons. The Morgan fingerprint density at radius 1 is 0.738 bits per heavy atom. The molecule has 0 saturated carbocycles. The highest BCUT2D eigenvalue weighted by molar-refractivity contribution is 6.31. The van der Waals surface area contributed by atoms with E-state index in [-0.39, 0.29) is 26.1 Å². The minimum absolute atomic E-state index is 0.000991. The molecule has 0 bridgehead atoms. The van der Waals surface area contributed by atoms with Crippen LogP contribution in [0, 0.1) is 0 Å². The highest BCUT2D eigenvalue weighted by Crippen LogP contribution is 2.17. The molecule has 5 N–H and O–H groups in total. The van der Waals surface area contributed by atoms with Crippen molar-refractivity contribution in [2.24, 2.45) is 0 Å². The number of hydroxylamine groups is 1. The molecule has 0 spiro atoms. The average Bonchev–Trinajstić information content (AvgIpc) is 2.99. The van der Waals surface area contributed by atoms with Gasteiger partial charge in [0.25, 0.3) is 5.91 Å². The van der Waals surface area contributed by atoms with Crippen molar-refractivity contribution in [2.45, 2.75) is 50.9 Å². The molecule has 0 unspecified atom stereocenters. The molecule has 0 radical (unpaired) electrons. The molecule has 0 aromatic heterocycles. The summed E-state index contributed by atoms with van der Waals surface area (Å²) in [6, 6.07) is 22.2. The molecule has 42 heavy (non-hydrogen) atoms. The Kier molecular flexibility index (Phi) is 13.0. The van der Waals surface area contributed by atoms with Gasteiger partial charge in [0.1, 0.15) is 18.1 Å². The Bertz CT molecular complexity index is 1330. The SMILES string of the molecule is CC(=O)N[C@@H](COCc1ccccc1)C(=O)N[C@H](CCc1ccccc1)C(=O)N[C@H](Cc1ccccc1Cl)C(=O)NO. The summed E-state index contributed by atoms with van der Waals surface area (Å²) in [6.45, 7) is 1.38. The summed E-state index contributed by atoms with van der Waals surface area (Å²) in [5.74, 6) is -2.56. The molecular weight excluding hydrogens is 560 g/mol. The molecule has 4 amide bonds. The van der Waals surface area contributed by atoms with Crippen LogP contribution in [-0.2, 0) is 43.4 Å². The summed E-state index contributed by atoms with van der Waals surface area (Å²) >= 11 is 6.25. The van der Waals surface area contributed by atoms with Gasteiger partial charge in [-0.2, -0.15) is 0 Å². The Morgan fingerprint density at radius 3 is 1.93 bits per heavy atom. The quantitative estimate of drug-likeness (QED) is 0.135. The first-order valence-electron chi connectivity index (χ1n) is 13.5. The van der Waals surface area contributed by atoms with Gasteiger partial charge in [0.15, 0.2) is 0 Å². The number of benzene rings is 3. The van der Waals surface area contributed by atoms with Gasteiger partial charge in [-0.3, -0.25) is 24.4 Å². The number of hydrogen-bond acceptors (Lipinski definition) is 6. The van der Waals surface area contributed by atoms with E-state index < -0.39 is 41.8 Å². The molecule has 10 nitrogen and oxygen atoms in total. The number of hydrogen-bond donors (Lipinski definition) is 5. The van der Waals surface area contributed by atoms with Gasteiger partial charge >= 0.3 is 0 Å². The van der Waals surface area contributed by atoms with Gasteiger partial charge in [0.05, 0.1) is 13.2 Å². The zero-order valence-corrected chi connectivity index (χ0v) is 24.0. The third-order valence-electron chi connectivity index (χ3n) is 6.41. The zero-order chi connectivity index (χ0) is 30.3. The second-order valence-corrected chi connectivity index (χ2v) is 10.1. The van der Waals surface area contributed by atoms with Gasteiger partial charge in [-0.15, -0.1) is 0 Å². The van der Waals surface area contributed by atoms with Crippen molar-refractivity contribution in [1.82, 2.24) is 21.4 Å². The molecule has 11 heteroatoms. The summed E-state index contributed by atoms with van der Waals surface area (Å²) < 4.78 is 5.69. The normalized spacial score (nSPS) is 12.8. The lowest BCUT2D eigenvalue weighted by atomic mass is 10.0. The van der Waals surface area contributed by atoms with E-state index in [4.69, 9.17) is 16.3 Å². The van der Waals surface area contributed by atoms with E-state index in [0.717, 1.165) is 11.1 Å². The van der Waals surface area contributed by atoms with Crippen molar-refractivity contribution < 1.29 is 29.1 Å². The Morgan fingerprint density at radius 2 is 1.31 bits per heavy atom. The maximum atomic E-state index is 13.5. The molecule has 0 aliphatic rings. The summed E-state index contributed by atoms with van der Waals surface area (Å²) in [5.41, 5.74) is 3.99. The summed E-state index contributed by atoms with van der Waals surface area (Å²) in [6.07, 6.45) is 0.633. The second kappa shape index (κ2) is 16.9. The lowest BCUT2D eigenvalue weighted by Crippen LogP contribution is -2.57. The van der Waals surface area contributed by atoms with E-state index >= 15 is 0 Å². The van der Waals surface area contributed by atoms with Crippen molar-refractivity contribution in [3.05, 3.63) is 107 Å². The van der Waals surface area contributed by atoms with Crippen LogP contribution in [-0.4, -0.2) is 53.6 Å². The molecular formula is C31H35ClN4O6. The maximum absolute atomic E-state index is 13.5. The summed E-state index contributed by atoms with van der Waals surface area (Å²) in [7, 11) is 0. The van der Waals surface area contributed by atoms with E-state index in [0.29, 0.717) is 17.0 Å². The minimum atomic E-state index is -1.18. The van der Waals surface area contributed by atoms with Crippen molar-refractivity contribution in [2.75, 3.05) is 6.61 Å². The zero-order valence-electron chi connectivity index (χ0n) is 23.2. The van der Waals surface area contributed by atoms with Crippen molar-refractivity contribution >= 4 is 35.2 Å². The lowest BCUT2D eigenvalue weighted by molar-refractivity contribution is -0.136. The van der Waals surface area contributed by atoms with Gasteiger partial charge in [0, 0.05) is 18.4 Å². The van der Waals surface area contributed by atoms with Crippen molar-refractivity contribution in [1.29, 1.82) is 0 Å². The fourth-order valence-corrected chi connectivity index (χ4v) is 4.45. The molecule has 0 aliphatic carbocycles. The Balaban J connectivity index is 1.75. The van der Waals surface area contributed by atoms with Crippen LogP contribution in [0.25, 0.3) is 0 Å². The first kappa shape index (κ1) is 32.3. The van der Waals surface area contributed by atoms with Crippen LogP contribution in [0.15, 0.2) is 84.9 Å². The predicted molar refractivity (Wildman–Crippen MR) is 157 cm³/mol. The Hall–Kier alpha value is -4.25.